The lowest BCUT2D eigenvalue weighted by molar-refractivity contribution is -0.137. The number of nitrogens with zero attached hydrogens (tertiary/aromatic N) is 4. The smallest absolute Gasteiger partial charge is 0.218 e. The van der Waals surface area contributed by atoms with E-state index in [1.807, 2.05) is 48.5 Å². The van der Waals surface area contributed by atoms with E-state index in [-0.39, 0.29) is 11.0 Å². The van der Waals surface area contributed by atoms with Crippen LogP contribution in [0.25, 0.3) is 33.6 Å². The van der Waals surface area contributed by atoms with Crippen molar-refractivity contribution >= 4 is 29.0 Å². The third kappa shape index (κ3) is 6.12. The van der Waals surface area contributed by atoms with Gasteiger partial charge in [-0.3, -0.25) is 14.6 Å². The molecule has 3 aliphatic heterocycles. The van der Waals surface area contributed by atoms with Crippen LogP contribution in [0.4, 0.5) is 0 Å². The maximum absolute atomic E-state index is 11.9. The van der Waals surface area contributed by atoms with Gasteiger partial charge in [0.25, 0.3) is 0 Å². The Hall–Kier alpha value is -3.53. The molecule has 3 saturated heterocycles. The van der Waals surface area contributed by atoms with Crippen molar-refractivity contribution < 1.29 is 19.0 Å². The van der Waals surface area contributed by atoms with Crippen molar-refractivity contribution in [3.63, 3.8) is 0 Å². The van der Waals surface area contributed by atoms with Crippen molar-refractivity contribution in [3.8, 4) is 45.4 Å². The Morgan fingerprint density at radius 3 is 1.76 bits per heavy atom. The van der Waals surface area contributed by atoms with Crippen LogP contribution in [0.3, 0.4) is 0 Å². The van der Waals surface area contributed by atoms with Crippen molar-refractivity contribution in [2.24, 2.45) is 5.41 Å². The minimum absolute atomic E-state index is 0.0513. The molecule has 254 valence electrons. The number of ketones is 1. The first kappa shape index (κ1) is 32.7. The predicted molar refractivity (Wildman–Crippen MR) is 191 cm³/mol. The number of carbonyl (C=O) groups excluding carboxylic acids is 1. The molecular formula is C39H40Cl2N4O4. The molecule has 4 aliphatic rings. The summed E-state index contributed by atoms with van der Waals surface area (Å²) in [6, 6.07) is 20.0. The van der Waals surface area contributed by atoms with Crippen LogP contribution < -0.4 is 9.47 Å². The summed E-state index contributed by atoms with van der Waals surface area (Å²) in [6.45, 7) is 6.20. The highest BCUT2D eigenvalue weighted by Crippen LogP contribution is 2.46. The molecule has 2 spiro atoms. The average molecular weight is 700 g/mol. The lowest BCUT2D eigenvalue weighted by Crippen LogP contribution is -2.54. The lowest BCUT2D eigenvalue weighted by Gasteiger charge is -2.48. The number of halogens is 2. The molecule has 1 aliphatic carbocycles. The molecule has 8 rings (SSSR count). The Labute approximate surface area is 297 Å². The number of hydrogen-bond acceptors (Lipinski definition) is 8. The van der Waals surface area contributed by atoms with Crippen LogP contribution in [0.2, 0.25) is 10.0 Å². The summed E-state index contributed by atoms with van der Waals surface area (Å²) in [5.41, 5.74) is 6.93. The molecule has 49 heavy (non-hydrogen) atoms. The van der Waals surface area contributed by atoms with Gasteiger partial charge in [0.15, 0.2) is 0 Å². The van der Waals surface area contributed by atoms with E-state index in [0.29, 0.717) is 34.0 Å². The third-order valence-corrected chi connectivity index (χ3v) is 11.7. The van der Waals surface area contributed by atoms with Gasteiger partial charge in [-0.15, -0.1) is 0 Å². The van der Waals surface area contributed by atoms with Gasteiger partial charge in [0, 0.05) is 97.3 Å². The highest BCUT2D eigenvalue weighted by atomic mass is 35.5. The summed E-state index contributed by atoms with van der Waals surface area (Å²) in [4.78, 5) is 26.4. The number of aromatic nitrogens is 2. The molecule has 1 atom stereocenters. The van der Waals surface area contributed by atoms with Gasteiger partial charge in [-0.1, -0.05) is 71.7 Å². The van der Waals surface area contributed by atoms with Crippen LogP contribution in [0.15, 0.2) is 60.7 Å². The van der Waals surface area contributed by atoms with Gasteiger partial charge in [-0.25, -0.2) is 9.97 Å². The number of methoxy groups -OCH3 is 2. The van der Waals surface area contributed by atoms with Gasteiger partial charge in [-0.05, 0) is 25.0 Å². The SMILES string of the molecule is COc1nc(-c2cccc(-c3cccc(-c4ccc(CN5CCC6(CCO6)C5)c(OC)n4)c3Cl)c2Cl)ccc1CN1CC2(CCC(=O)C2)C1. The average Bonchev–Trinajstić information content (AvgIpc) is 3.70. The van der Waals surface area contributed by atoms with E-state index in [1.54, 1.807) is 14.2 Å². The Kier molecular flexibility index (Phi) is 8.65. The lowest BCUT2D eigenvalue weighted by atomic mass is 9.78. The third-order valence-electron chi connectivity index (χ3n) is 10.9. The van der Waals surface area contributed by atoms with Crippen LogP contribution in [-0.4, -0.2) is 78.2 Å². The highest BCUT2D eigenvalue weighted by Gasteiger charge is 2.47. The molecule has 2 aromatic heterocycles. The number of Topliss-reactive ketones (excluding diaryl/α,β-unsaturated/α-hetero) is 1. The molecule has 1 unspecified atom stereocenters. The summed E-state index contributed by atoms with van der Waals surface area (Å²) in [5, 5.41) is 1.11. The number of benzene rings is 2. The number of likely N-dealkylation sites (tertiary alicyclic amines) is 2. The van der Waals surface area contributed by atoms with Crippen LogP contribution in [0, 0.1) is 5.41 Å². The topological polar surface area (TPSA) is 77.0 Å². The zero-order valence-electron chi connectivity index (χ0n) is 27.9. The molecule has 0 radical (unpaired) electrons. The number of rotatable bonds is 9. The monoisotopic (exact) mass is 698 g/mol. The molecule has 10 heteroatoms. The van der Waals surface area contributed by atoms with Crippen molar-refractivity contribution in [1.82, 2.24) is 19.8 Å². The second-order valence-corrected chi connectivity index (χ2v) is 14.9. The minimum Gasteiger partial charge on any atom is -0.481 e. The van der Waals surface area contributed by atoms with Crippen molar-refractivity contribution in [3.05, 3.63) is 81.8 Å². The van der Waals surface area contributed by atoms with Gasteiger partial charge in [0.05, 0.1) is 47.9 Å². The van der Waals surface area contributed by atoms with Crippen molar-refractivity contribution in [1.29, 1.82) is 0 Å². The second kappa shape index (κ2) is 13.0. The van der Waals surface area contributed by atoms with Crippen LogP contribution >= 0.6 is 23.2 Å². The normalized spacial score (nSPS) is 21.7. The Balaban J connectivity index is 1.03. The van der Waals surface area contributed by atoms with E-state index < -0.39 is 0 Å². The Morgan fingerprint density at radius 2 is 1.29 bits per heavy atom. The Morgan fingerprint density at radius 1 is 0.735 bits per heavy atom. The van der Waals surface area contributed by atoms with Gasteiger partial charge >= 0.3 is 0 Å². The van der Waals surface area contributed by atoms with E-state index in [1.165, 1.54) is 0 Å². The number of pyridine rings is 2. The zero-order chi connectivity index (χ0) is 33.8. The van der Waals surface area contributed by atoms with Crippen molar-refractivity contribution in [2.75, 3.05) is 47.0 Å². The fourth-order valence-electron chi connectivity index (χ4n) is 8.25. The first-order valence-corrected chi connectivity index (χ1v) is 17.8. The minimum atomic E-state index is 0.0513. The Bertz CT molecular complexity index is 1920. The first-order valence-electron chi connectivity index (χ1n) is 17.0. The van der Waals surface area contributed by atoms with Crippen LogP contribution in [0.1, 0.15) is 43.2 Å². The molecule has 2 aromatic carbocycles. The maximum atomic E-state index is 11.9. The molecule has 5 heterocycles. The van der Waals surface area contributed by atoms with E-state index in [9.17, 15) is 4.79 Å². The fraction of sp³-hybridized carbons (Fsp3) is 0.410. The van der Waals surface area contributed by atoms with E-state index in [4.69, 9.17) is 47.4 Å². The largest absolute Gasteiger partial charge is 0.481 e. The molecule has 8 nitrogen and oxygen atoms in total. The van der Waals surface area contributed by atoms with Crippen LogP contribution in [0.5, 0.6) is 11.8 Å². The number of hydrogen-bond donors (Lipinski definition) is 0. The maximum Gasteiger partial charge on any atom is 0.218 e. The molecule has 0 N–H and O–H groups in total. The predicted octanol–water partition coefficient (Wildman–Crippen LogP) is 7.72. The second-order valence-electron chi connectivity index (χ2n) is 14.2. The number of ether oxygens (including phenoxy) is 3. The number of carbonyl (C=O) groups is 1. The standard InChI is InChI=1S/C39H40Cl2N4O4/c1-47-36-25(20-44-17-15-39(24-44)16-18-49-39)9-11-32(42-36)30-7-3-5-28(34(30)40)29-6-4-8-31(35(29)41)33-12-10-26(37(43-33)48-2)21-45-22-38(23-45)14-13-27(46)19-38/h3-12H,13-24H2,1-2H3. The molecular weight excluding hydrogens is 659 g/mol. The summed E-state index contributed by atoms with van der Waals surface area (Å²) in [5.74, 6) is 1.57. The van der Waals surface area contributed by atoms with E-state index in [2.05, 4.69) is 21.9 Å². The molecule has 4 aromatic rings. The highest BCUT2D eigenvalue weighted by molar-refractivity contribution is 6.39. The molecule has 1 saturated carbocycles. The van der Waals surface area contributed by atoms with Gasteiger partial charge in [-0.2, -0.15) is 0 Å². The molecule has 4 fully saturated rings. The van der Waals surface area contributed by atoms with Crippen LogP contribution in [-0.2, 0) is 22.6 Å². The molecule has 0 bridgehead atoms. The van der Waals surface area contributed by atoms with Gasteiger partial charge in [0.2, 0.25) is 11.8 Å². The van der Waals surface area contributed by atoms with Gasteiger partial charge < -0.3 is 14.2 Å². The summed E-state index contributed by atoms with van der Waals surface area (Å²) in [7, 11) is 3.31. The quantitative estimate of drug-likeness (QED) is 0.176. The molecule has 0 amide bonds. The first-order chi connectivity index (χ1) is 23.8. The van der Waals surface area contributed by atoms with E-state index >= 15 is 0 Å². The van der Waals surface area contributed by atoms with Crippen molar-refractivity contribution in [2.45, 2.75) is 50.8 Å². The fourth-order valence-corrected chi connectivity index (χ4v) is 8.90. The summed E-state index contributed by atoms with van der Waals surface area (Å²) in [6.07, 6.45) is 4.66. The summed E-state index contributed by atoms with van der Waals surface area (Å²) >= 11 is 14.3. The zero-order valence-corrected chi connectivity index (χ0v) is 29.4. The van der Waals surface area contributed by atoms with E-state index in [0.717, 1.165) is 116 Å². The summed E-state index contributed by atoms with van der Waals surface area (Å²) < 4.78 is 17.4. The van der Waals surface area contributed by atoms with Gasteiger partial charge in [0.1, 0.15) is 5.78 Å².